The van der Waals surface area contributed by atoms with Gasteiger partial charge in [-0.05, 0) is 60.4 Å². The van der Waals surface area contributed by atoms with Crippen molar-refractivity contribution in [2.75, 3.05) is 0 Å². The van der Waals surface area contributed by atoms with Gasteiger partial charge in [-0.25, -0.2) is 4.98 Å². The maximum Gasteiger partial charge on any atom is 0.432 e. The van der Waals surface area contributed by atoms with E-state index in [-0.39, 0.29) is 11.1 Å². The summed E-state index contributed by atoms with van der Waals surface area (Å²) < 4.78 is 39.6. The lowest BCUT2D eigenvalue weighted by molar-refractivity contribution is -0.141. The van der Waals surface area contributed by atoms with Crippen molar-refractivity contribution in [2.45, 2.75) is 44.7 Å². The summed E-state index contributed by atoms with van der Waals surface area (Å²) in [6.45, 7) is 8.10. The van der Waals surface area contributed by atoms with Crippen molar-refractivity contribution in [1.29, 1.82) is 0 Å². The molecule has 0 radical (unpaired) electrons. The molecular weight excluding hydrogens is 427 g/mol. The van der Waals surface area contributed by atoms with Crippen LogP contribution in [-0.2, 0) is 17.0 Å². The van der Waals surface area contributed by atoms with Gasteiger partial charge in [0.1, 0.15) is 11.4 Å². The molecule has 4 rings (SSSR count). The third-order valence-corrected chi connectivity index (χ3v) is 5.70. The summed E-state index contributed by atoms with van der Waals surface area (Å²) in [4.78, 5) is 14.0. The van der Waals surface area contributed by atoms with E-state index in [2.05, 4.69) is 20.2 Å². The molecule has 0 bridgehead atoms. The van der Waals surface area contributed by atoms with Crippen molar-refractivity contribution < 1.29 is 13.2 Å². The van der Waals surface area contributed by atoms with E-state index < -0.39 is 17.3 Å². The van der Waals surface area contributed by atoms with Crippen molar-refractivity contribution >= 4 is 0 Å². The smallest absolute Gasteiger partial charge is 0.273 e. The standard InChI is InChI=1S/C25H24F3N5/c1-23(2,3)16-13-17(18-15-22(33-32-18)25(26,27)28)31-21(14-16)24(4,19-9-5-7-11-29-19)20-10-6-8-12-30-20/h5-15H,1-4H3,(H,32,33). The summed E-state index contributed by atoms with van der Waals surface area (Å²) in [7, 11) is 0. The molecule has 0 saturated carbocycles. The van der Waals surface area contributed by atoms with Gasteiger partial charge >= 0.3 is 6.18 Å². The molecule has 0 atom stereocenters. The number of hydrogen-bond donors (Lipinski definition) is 1. The van der Waals surface area contributed by atoms with E-state index in [0.29, 0.717) is 11.4 Å². The third kappa shape index (κ3) is 4.37. The highest BCUT2D eigenvalue weighted by atomic mass is 19.4. The number of aromatic nitrogens is 5. The molecule has 5 nitrogen and oxygen atoms in total. The molecule has 0 aliphatic heterocycles. The Bertz CT molecular complexity index is 1200. The highest BCUT2D eigenvalue weighted by Gasteiger charge is 2.37. The van der Waals surface area contributed by atoms with E-state index in [1.807, 2.05) is 70.2 Å². The van der Waals surface area contributed by atoms with Crippen LogP contribution in [0.4, 0.5) is 13.2 Å². The highest BCUT2D eigenvalue weighted by molar-refractivity contribution is 5.58. The van der Waals surface area contributed by atoms with E-state index in [1.165, 1.54) is 0 Å². The molecule has 0 amide bonds. The molecule has 8 heteroatoms. The molecule has 4 heterocycles. The van der Waals surface area contributed by atoms with Gasteiger partial charge in [0.25, 0.3) is 0 Å². The van der Waals surface area contributed by atoms with Crippen molar-refractivity contribution in [2.24, 2.45) is 0 Å². The van der Waals surface area contributed by atoms with Crippen LogP contribution < -0.4 is 0 Å². The van der Waals surface area contributed by atoms with Crippen molar-refractivity contribution in [3.8, 4) is 11.4 Å². The van der Waals surface area contributed by atoms with Crippen LogP contribution in [0.5, 0.6) is 0 Å². The Morgan fingerprint density at radius 1 is 0.727 bits per heavy atom. The van der Waals surface area contributed by atoms with E-state index >= 15 is 0 Å². The predicted octanol–water partition coefficient (Wildman–Crippen LogP) is 5.93. The Hall–Kier alpha value is -3.55. The normalized spacial score (nSPS) is 12.7. The first-order valence-corrected chi connectivity index (χ1v) is 10.5. The van der Waals surface area contributed by atoms with Gasteiger partial charge in [0, 0.05) is 12.4 Å². The molecule has 1 N–H and O–H groups in total. The number of pyridine rings is 3. The second-order valence-electron chi connectivity index (χ2n) is 9.10. The van der Waals surface area contributed by atoms with Crippen LogP contribution in [0.15, 0.2) is 67.0 Å². The third-order valence-electron chi connectivity index (χ3n) is 5.70. The zero-order chi connectivity index (χ0) is 23.9. The van der Waals surface area contributed by atoms with Crippen molar-refractivity contribution in [1.82, 2.24) is 25.1 Å². The summed E-state index contributed by atoms with van der Waals surface area (Å²) in [5.41, 5.74) is 1.42. The van der Waals surface area contributed by atoms with E-state index in [9.17, 15) is 13.2 Å². The minimum Gasteiger partial charge on any atom is -0.273 e. The maximum atomic E-state index is 13.2. The Kier molecular flexibility index (Phi) is 5.56. The molecule has 0 aromatic carbocycles. The summed E-state index contributed by atoms with van der Waals surface area (Å²) >= 11 is 0. The Labute approximate surface area is 190 Å². The average molecular weight is 451 g/mol. The van der Waals surface area contributed by atoms with Crippen LogP contribution in [-0.4, -0.2) is 25.1 Å². The van der Waals surface area contributed by atoms with Gasteiger partial charge in [0.05, 0.1) is 28.2 Å². The second-order valence-corrected chi connectivity index (χ2v) is 9.10. The lowest BCUT2D eigenvalue weighted by Gasteiger charge is -2.30. The highest BCUT2D eigenvalue weighted by Crippen LogP contribution is 2.39. The number of H-pyrrole nitrogens is 1. The van der Waals surface area contributed by atoms with Gasteiger partial charge < -0.3 is 0 Å². The van der Waals surface area contributed by atoms with Crippen LogP contribution in [0.25, 0.3) is 11.4 Å². The fourth-order valence-electron chi connectivity index (χ4n) is 3.66. The zero-order valence-corrected chi connectivity index (χ0v) is 18.8. The first-order valence-electron chi connectivity index (χ1n) is 10.5. The number of halogens is 3. The van der Waals surface area contributed by atoms with Gasteiger partial charge in [0.15, 0.2) is 0 Å². The summed E-state index contributed by atoms with van der Waals surface area (Å²) in [6, 6.07) is 16.0. The topological polar surface area (TPSA) is 67.3 Å². The predicted molar refractivity (Wildman–Crippen MR) is 120 cm³/mol. The lowest BCUT2D eigenvalue weighted by Crippen LogP contribution is -2.30. The summed E-state index contributed by atoms with van der Waals surface area (Å²) in [5, 5.41) is 5.99. The van der Waals surface area contributed by atoms with Crippen LogP contribution in [0.2, 0.25) is 0 Å². The molecule has 0 aliphatic rings. The van der Waals surface area contributed by atoms with E-state index in [4.69, 9.17) is 4.98 Å². The van der Waals surface area contributed by atoms with E-state index in [1.54, 1.807) is 18.5 Å². The molecule has 170 valence electrons. The number of nitrogens with one attached hydrogen (secondary N) is 1. The minimum absolute atomic E-state index is 0.124. The van der Waals surface area contributed by atoms with Crippen LogP contribution in [0, 0.1) is 0 Å². The number of hydrogen-bond acceptors (Lipinski definition) is 4. The lowest BCUT2D eigenvalue weighted by atomic mass is 9.76. The molecule has 0 fully saturated rings. The molecule has 0 unspecified atom stereocenters. The fraction of sp³-hybridized carbons (Fsp3) is 0.280. The molecule has 0 saturated heterocycles. The SMILES string of the molecule is CC(C)(C)c1cc(-c2cc(C(F)(F)F)[nH]n2)nc(C(C)(c2ccccn2)c2ccccn2)c1. The van der Waals surface area contributed by atoms with Gasteiger partial charge in [-0.2, -0.15) is 18.3 Å². The average Bonchev–Trinajstić information content (AvgIpc) is 3.30. The van der Waals surface area contributed by atoms with Gasteiger partial charge in [-0.15, -0.1) is 0 Å². The van der Waals surface area contributed by atoms with Gasteiger partial charge in [-0.3, -0.25) is 15.1 Å². The quantitative estimate of drug-likeness (QED) is 0.417. The fourth-order valence-corrected chi connectivity index (χ4v) is 3.66. The first-order chi connectivity index (χ1) is 15.5. The second kappa shape index (κ2) is 8.10. The molecule has 0 spiro atoms. The minimum atomic E-state index is -4.52. The van der Waals surface area contributed by atoms with E-state index in [0.717, 1.165) is 23.0 Å². The zero-order valence-electron chi connectivity index (χ0n) is 18.8. The number of aromatic amines is 1. The number of rotatable bonds is 4. The Morgan fingerprint density at radius 3 is 1.79 bits per heavy atom. The van der Waals surface area contributed by atoms with Crippen molar-refractivity contribution in [3.05, 3.63) is 95.3 Å². The molecule has 4 aromatic heterocycles. The van der Waals surface area contributed by atoms with Crippen molar-refractivity contribution in [3.63, 3.8) is 0 Å². The largest absolute Gasteiger partial charge is 0.432 e. The molecular formula is C25H24F3N5. The Balaban J connectivity index is 1.98. The van der Waals surface area contributed by atoms with Crippen LogP contribution in [0.1, 0.15) is 56.0 Å². The Morgan fingerprint density at radius 2 is 1.33 bits per heavy atom. The molecule has 33 heavy (non-hydrogen) atoms. The summed E-state index contributed by atoms with van der Waals surface area (Å²) in [5.74, 6) is 0. The number of alkyl halides is 3. The maximum absolute atomic E-state index is 13.2. The molecule has 4 aromatic rings. The monoisotopic (exact) mass is 451 g/mol. The molecule has 0 aliphatic carbocycles. The van der Waals surface area contributed by atoms with Crippen LogP contribution in [0.3, 0.4) is 0 Å². The van der Waals surface area contributed by atoms with Gasteiger partial charge in [-0.1, -0.05) is 32.9 Å². The van der Waals surface area contributed by atoms with Gasteiger partial charge in [0.2, 0.25) is 0 Å². The summed E-state index contributed by atoms with van der Waals surface area (Å²) in [6.07, 6.45) is -1.12. The van der Waals surface area contributed by atoms with Crippen LogP contribution >= 0.6 is 0 Å². The first kappa shape index (κ1) is 22.6. The number of nitrogens with zero attached hydrogens (tertiary/aromatic N) is 4.